The number of ether oxygens (including phenoxy) is 2. The van der Waals surface area contributed by atoms with E-state index in [2.05, 4.69) is 10.3 Å². The highest BCUT2D eigenvalue weighted by Crippen LogP contribution is 2.29. The van der Waals surface area contributed by atoms with Gasteiger partial charge in [0.1, 0.15) is 11.5 Å². The van der Waals surface area contributed by atoms with Crippen LogP contribution in [0.4, 0.5) is 5.69 Å². The number of benzene rings is 2. The van der Waals surface area contributed by atoms with Gasteiger partial charge in [-0.25, -0.2) is 0 Å². The monoisotopic (exact) mass is 310 g/mol. The zero-order valence-electron chi connectivity index (χ0n) is 13.1. The molecular weight excluding hydrogens is 292 g/mol. The van der Waals surface area contributed by atoms with Crippen LogP contribution in [0.15, 0.2) is 48.7 Å². The van der Waals surface area contributed by atoms with E-state index in [0.29, 0.717) is 17.1 Å². The maximum Gasteiger partial charge on any atom is 0.184 e. The fourth-order valence-electron chi connectivity index (χ4n) is 2.53. The topological polar surface area (TPSA) is 63.4 Å². The molecule has 0 aliphatic rings. The molecule has 1 aromatic heterocycles. The number of anilines is 1. The predicted molar refractivity (Wildman–Crippen MR) is 90.7 cm³/mol. The third kappa shape index (κ3) is 2.99. The van der Waals surface area contributed by atoms with Gasteiger partial charge in [0, 0.05) is 28.7 Å². The SMILES string of the molecule is COc1ccc(OC)c(NCC(=O)c2c[nH]c3ccccc23)c1. The lowest BCUT2D eigenvalue weighted by atomic mass is 10.1. The van der Waals surface area contributed by atoms with Crippen molar-refractivity contribution in [1.29, 1.82) is 0 Å². The molecule has 0 unspecified atom stereocenters. The van der Waals surface area contributed by atoms with Crippen LogP contribution in [0.3, 0.4) is 0 Å². The Balaban J connectivity index is 1.79. The van der Waals surface area contributed by atoms with Gasteiger partial charge in [0.05, 0.1) is 26.5 Å². The summed E-state index contributed by atoms with van der Waals surface area (Å²) in [6, 6.07) is 13.2. The molecule has 0 saturated carbocycles. The number of methoxy groups -OCH3 is 2. The van der Waals surface area contributed by atoms with Crippen molar-refractivity contribution >= 4 is 22.4 Å². The molecular formula is C18H18N2O3. The fourth-order valence-corrected chi connectivity index (χ4v) is 2.53. The third-order valence-corrected chi connectivity index (χ3v) is 3.74. The van der Waals surface area contributed by atoms with Crippen LogP contribution in [0, 0.1) is 0 Å². The van der Waals surface area contributed by atoms with Crippen LogP contribution in [0.2, 0.25) is 0 Å². The number of carbonyl (C=O) groups excluding carboxylic acids is 1. The average molecular weight is 310 g/mol. The van der Waals surface area contributed by atoms with Gasteiger partial charge in [-0.05, 0) is 18.2 Å². The first kappa shape index (κ1) is 15.0. The van der Waals surface area contributed by atoms with Crippen molar-refractivity contribution in [2.75, 3.05) is 26.1 Å². The van der Waals surface area contributed by atoms with Crippen molar-refractivity contribution in [3.05, 3.63) is 54.2 Å². The van der Waals surface area contributed by atoms with Crippen LogP contribution in [0.5, 0.6) is 11.5 Å². The molecule has 0 radical (unpaired) electrons. The highest BCUT2D eigenvalue weighted by Gasteiger charge is 2.13. The van der Waals surface area contributed by atoms with Crippen molar-refractivity contribution in [2.45, 2.75) is 0 Å². The van der Waals surface area contributed by atoms with Gasteiger partial charge in [0.15, 0.2) is 5.78 Å². The first-order valence-corrected chi connectivity index (χ1v) is 7.28. The van der Waals surface area contributed by atoms with Gasteiger partial charge in [-0.3, -0.25) is 4.79 Å². The second kappa shape index (κ2) is 6.44. The van der Waals surface area contributed by atoms with Crippen molar-refractivity contribution in [2.24, 2.45) is 0 Å². The van der Waals surface area contributed by atoms with E-state index >= 15 is 0 Å². The summed E-state index contributed by atoms with van der Waals surface area (Å²) in [5.41, 5.74) is 2.35. The fraction of sp³-hybridized carbons (Fsp3) is 0.167. The zero-order valence-corrected chi connectivity index (χ0v) is 13.1. The molecule has 1 heterocycles. The largest absolute Gasteiger partial charge is 0.497 e. The highest BCUT2D eigenvalue weighted by molar-refractivity contribution is 6.09. The van der Waals surface area contributed by atoms with Crippen LogP contribution in [0.25, 0.3) is 10.9 Å². The highest BCUT2D eigenvalue weighted by atomic mass is 16.5. The number of aromatic nitrogens is 1. The van der Waals surface area contributed by atoms with Crippen LogP contribution in [-0.4, -0.2) is 31.5 Å². The van der Waals surface area contributed by atoms with Crippen molar-refractivity contribution in [3.8, 4) is 11.5 Å². The average Bonchev–Trinajstić information content (AvgIpc) is 3.03. The van der Waals surface area contributed by atoms with Crippen LogP contribution < -0.4 is 14.8 Å². The van der Waals surface area contributed by atoms with Crippen LogP contribution in [0.1, 0.15) is 10.4 Å². The molecule has 0 atom stereocenters. The normalized spacial score (nSPS) is 10.5. The minimum Gasteiger partial charge on any atom is -0.497 e. The van der Waals surface area contributed by atoms with Gasteiger partial charge in [-0.15, -0.1) is 0 Å². The minimum atomic E-state index is 0.00678. The number of H-pyrrole nitrogens is 1. The van der Waals surface area contributed by atoms with Crippen LogP contribution >= 0.6 is 0 Å². The van der Waals surface area contributed by atoms with E-state index in [1.807, 2.05) is 30.3 Å². The number of ketones is 1. The van der Waals surface area contributed by atoms with Gasteiger partial charge in [0.2, 0.25) is 0 Å². The summed E-state index contributed by atoms with van der Waals surface area (Å²) < 4.78 is 10.5. The molecule has 2 aromatic carbocycles. The van der Waals surface area contributed by atoms with E-state index < -0.39 is 0 Å². The molecule has 3 rings (SSSR count). The summed E-state index contributed by atoms with van der Waals surface area (Å²) in [6.07, 6.45) is 1.75. The van der Waals surface area contributed by atoms with Gasteiger partial charge >= 0.3 is 0 Å². The second-order valence-electron chi connectivity index (χ2n) is 5.09. The zero-order chi connectivity index (χ0) is 16.2. The number of hydrogen-bond acceptors (Lipinski definition) is 4. The van der Waals surface area contributed by atoms with E-state index in [9.17, 15) is 4.79 Å². The van der Waals surface area contributed by atoms with Crippen molar-refractivity contribution < 1.29 is 14.3 Å². The number of nitrogens with one attached hydrogen (secondary N) is 2. The Morgan fingerprint density at radius 2 is 1.96 bits per heavy atom. The Morgan fingerprint density at radius 3 is 2.74 bits per heavy atom. The molecule has 0 saturated heterocycles. The number of rotatable bonds is 6. The van der Waals surface area contributed by atoms with E-state index in [0.717, 1.165) is 16.6 Å². The third-order valence-electron chi connectivity index (χ3n) is 3.74. The predicted octanol–water partition coefficient (Wildman–Crippen LogP) is 3.48. The summed E-state index contributed by atoms with van der Waals surface area (Å²) in [6.45, 7) is 0.172. The number of fused-ring (bicyclic) bond motifs is 1. The quantitative estimate of drug-likeness (QED) is 0.684. The summed E-state index contributed by atoms with van der Waals surface area (Å²) in [5, 5.41) is 4.05. The molecule has 0 fully saturated rings. The van der Waals surface area contributed by atoms with Crippen molar-refractivity contribution in [1.82, 2.24) is 4.98 Å². The van der Waals surface area contributed by atoms with E-state index in [1.165, 1.54) is 0 Å². The molecule has 118 valence electrons. The van der Waals surface area contributed by atoms with Gasteiger partial charge < -0.3 is 19.8 Å². The Hall–Kier alpha value is -2.95. The van der Waals surface area contributed by atoms with Crippen LogP contribution in [-0.2, 0) is 0 Å². The van der Waals surface area contributed by atoms with Gasteiger partial charge in [-0.2, -0.15) is 0 Å². The second-order valence-corrected chi connectivity index (χ2v) is 5.09. The number of carbonyl (C=O) groups is 1. The molecule has 3 aromatic rings. The number of aromatic amines is 1. The van der Waals surface area contributed by atoms with E-state index in [1.54, 1.807) is 32.5 Å². The summed E-state index contributed by atoms with van der Waals surface area (Å²) in [5.74, 6) is 1.37. The Labute approximate surface area is 134 Å². The Bertz CT molecular complexity index is 839. The summed E-state index contributed by atoms with van der Waals surface area (Å²) in [4.78, 5) is 15.6. The maximum atomic E-state index is 12.5. The lowest BCUT2D eigenvalue weighted by Gasteiger charge is -2.12. The number of para-hydroxylation sites is 1. The maximum absolute atomic E-state index is 12.5. The lowest BCUT2D eigenvalue weighted by molar-refractivity contribution is 0.101. The minimum absolute atomic E-state index is 0.00678. The first-order chi connectivity index (χ1) is 11.2. The molecule has 5 heteroatoms. The summed E-state index contributed by atoms with van der Waals surface area (Å²) in [7, 11) is 3.19. The van der Waals surface area contributed by atoms with Crippen molar-refractivity contribution in [3.63, 3.8) is 0 Å². The van der Waals surface area contributed by atoms with Gasteiger partial charge in [-0.1, -0.05) is 18.2 Å². The molecule has 2 N–H and O–H groups in total. The first-order valence-electron chi connectivity index (χ1n) is 7.28. The molecule has 23 heavy (non-hydrogen) atoms. The standard InChI is InChI=1S/C18H18N2O3/c1-22-12-7-8-18(23-2)16(9-12)20-11-17(21)14-10-19-15-6-4-3-5-13(14)15/h3-10,19-20H,11H2,1-2H3. The van der Waals surface area contributed by atoms with E-state index in [-0.39, 0.29) is 12.3 Å². The molecule has 0 aliphatic carbocycles. The molecule has 0 amide bonds. The molecule has 0 spiro atoms. The van der Waals surface area contributed by atoms with E-state index in [4.69, 9.17) is 9.47 Å². The summed E-state index contributed by atoms with van der Waals surface area (Å²) >= 11 is 0. The number of hydrogen-bond donors (Lipinski definition) is 2. The lowest BCUT2D eigenvalue weighted by Crippen LogP contribution is -2.14. The smallest absolute Gasteiger partial charge is 0.184 e. The number of Topliss-reactive ketones (excluding diaryl/α,β-unsaturated/α-hetero) is 1. The molecule has 5 nitrogen and oxygen atoms in total. The molecule has 0 bridgehead atoms. The molecule has 0 aliphatic heterocycles. The van der Waals surface area contributed by atoms with Gasteiger partial charge in [0.25, 0.3) is 0 Å². The Morgan fingerprint density at radius 1 is 1.13 bits per heavy atom. The Kier molecular flexibility index (Phi) is 4.19.